The number of methoxy groups -OCH3 is 2. The van der Waals surface area contributed by atoms with E-state index in [9.17, 15) is 18.0 Å². The molecule has 0 spiro atoms. The number of nitrogens with zero attached hydrogens (tertiary/aromatic N) is 2. The largest absolute Gasteiger partial charge is 0.497 e. The van der Waals surface area contributed by atoms with Crippen LogP contribution in [0.2, 0.25) is 0 Å². The van der Waals surface area contributed by atoms with E-state index in [4.69, 9.17) is 9.47 Å². The van der Waals surface area contributed by atoms with E-state index in [1.807, 2.05) is 26.8 Å². The number of sulfonamides is 1. The van der Waals surface area contributed by atoms with Crippen molar-refractivity contribution in [2.24, 2.45) is 0 Å². The van der Waals surface area contributed by atoms with Crippen LogP contribution in [-0.2, 0) is 26.2 Å². The van der Waals surface area contributed by atoms with E-state index in [0.717, 1.165) is 21.9 Å². The molecule has 3 aromatic rings. The van der Waals surface area contributed by atoms with Gasteiger partial charge in [-0.3, -0.25) is 13.9 Å². The quantitative estimate of drug-likeness (QED) is 0.318. The lowest BCUT2D eigenvalue weighted by Crippen LogP contribution is -2.52. The van der Waals surface area contributed by atoms with Gasteiger partial charge in [0.25, 0.3) is 10.0 Å². The van der Waals surface area contributed by atoms with Gasteiger partial charge in [-0.1, -0.05) is 48.9 Å². The first-order valence-electron chi connectivity index (χ1n) is 13.5. The number of carbonyl (C=O) groups excluding carboxylic acids is 2. The molecular weight excluding hydrogens is 542 g/mol. The number of aryl methyl sites for hydroxylation is 1. The van der Waals surface area contributed by atoms with Gasteiger partial charge < -0.3 is 19.7 Å². The highest BCUT2D eigenvalue weighted by Crippen LogP contribution is 2.32. The van der Waals surface area contributed by atoms with E-state index in [2.05, 4.69) is 5.32 Å². The third-order valence-corrected chi connectivity index (χ3v) is 8.67. The molecule has 2 atom stereocenters. The lowest BCUT2D eigenvalue weighted by Gasteiger charge is -2.32. The third kappa shape index (κ3) is 7.79. The second-order valence-corrected chi connectivity index (χ2v) is 11.7. The highest BCUT2D eigenvalue weighted by atomic mass is 32.2. The number of carbonyl (C=O) groups is 2. The minimum atomic E-state index is -4.20. The van der Waals surface area contributed by atoms with Gasteiger partial charge in [0.1, 0.15) is 24.1 Å². The Morgan fingerprint density at radius 1 is 0.927 bits per heavy atom. The van der Waals surface area contributed by atoms with Crippen LogP contribution in [0.15, 0.2) is 77.7 Å². The van der Waals surface area contributed by atoms with E-state index >= 15 is 0 Å². The van der Waals surface area contributed by atoms with Crippen molar-refractivity contribution in [3.05, 3.63) is 83.9 Å². The molecule has 2 amide bonds. The van der Waals surface area contributed by atoms with Crippen molar-refractivity contribution in [2.75, 3.05) is 25.1 Å². The maximum atomic E-state index is 14.1. The van der Waals surface area contributed by atoms with E-state index in [1.54, 1.807) is 68.6 Å². The zero-order valence-corrected chi connectivity index (χ0v) is 25.3. The van der Waals surface area contributed by atoms with Crippen molar-refractivity contribution in [3.8, 4) is 11.5 Å². The predicted octanol–water partition coefficient (Wildman–Crippen LogP) is 4.54. The smallest absolute Gasteiger partial charge is 0.264 e. The zero-order chi connectivity index (χ0) is 30.2. The van der Waals surface area contributed by atoms with Crippen molar-refractivity contribution in [1.29, 1.82) is 0 Å². The van der Waals surface area contributed by atoms with Crippen LogP contribution in [0.3, 0.4) is 0 Å². The summed E-state index contributed by atoms with van der Waals surface area (Å²) in [5, 5.41) is 2.93. The molecule has 3 rings (SSSR count). The second-order valence-electron chi connectivity index (χ2n) is 9.86. The van der Waals surface area contributed by atoms with Crippen molar-refractivity contribution in [1.82, 2.24) is 10.2 Å². The number of para-hydroxylation sites is 2. The Bertz CT molecular complexity index is 1440. The molecule has 0 aliphatic carbocycles. The molecule has 220 valence electrons. The number of ether oxygens (including phenoxy) is 2. The molecule has 0 saturated carbocycles. The van der Waals surface area contributed by atoms with Gasteiger partial charge >= 0.3 is 0 Å². The van der Waals surface area contributed by atoms with Crippen LogP contribution in [0.5, 0.6) is 11.5 Å². The molecule has 0 aliphatic heterocycles. The van der Waals surface area contributed by atoms with Gasteiger partial charge in [0.05, 0.1) is 24.8 Å². The Hall–Kier alpha value is -4.05. The Labute approximate surface area is 243 Å². The van der Waals surface area contributed by atoms with Crippen LogP contribution in [0.4, 0.5) is 5.69 Å². The fourth-order valence-electron chi connectivity index (χ4n) is 4.20. The molecule has 0 saturated heterocycles. The molecule has 1 N–H and O–H groups in total. The first-order valence-corrected chi connectivity index (χ1v) is 14.9. The topological polar surface area (TPSA) is 105 Å². The van der Waals surface area contributed by atoms with Crippen LogP contribution >= 0.6 is 0 Å². The summed E-state index contributed by atoms with van der Waals surface area (Å²) in [6.07, 6.45) is 0.721. The van der Waals surface area contributed by atoms with Crippen molar-refractivity contribution in [2.45, 2.75) is 57.6 Å². The van der Waals surface area contributed by atoms with Crippen molar-refractivity contribution >= 4 is 27.5 Å². The van der Waals surface area contributed by atoms with Crippen LogP contribution in [-0.4, -0.2) is 58.0 Å². The zero-order valence-electron chi connectivity index (χ0n) is 24.5. The molecule has 0 bridgehead atoms. The molecule has 0 aliphatic rings. The van der Waals surface area contributed by atoms with Crippen LogP contribution in [0.1, 0.15) is 38.3 Å². The van der Waals surface area contributed by atoms with E-state index in [1.165, 1.54) is 24.1 Å². The Morgan fingerprint density at radius 3 is 2.24 bits per heavy atom. The Kier molecular flexibility index (Phi) is 10.8. The predicted molar refractivity (Wildman–Crippen MR) is 160 cm³/mol. The highest BCUT2D eigenvalue weighted by molar-refractivity contribution is 7.92. The number of benzene rings is 3. The maximum absolute atomic E-state index is 14.1. The molecule has 0 aromatic heterocycles. The Morgan fingerprint density at radius 2 is 1.61 bits per heavy atom. The standard InChI is InChI=1S/C31H39N3O6S/c1-7-23(3)32-31(36)24(4)33(20-25-11-10-12-26(19-25)39-5)30(35)21-34(28-13-8-9-14-29(28)40-6)41(37,38)27-17-15-22(2)16-18-27/h8-19,23-24H,7,20-21H2,1-6H3,(H,32,36)/t23-,24+/m1/s1. The molecule has 41 heavy (non-hydrogen) atoms. The number of nitrogens with one attached hydrogen (secondary N) is 1. The lowest BCUT2D eigenvalue weighted by molar-refractivity contribution is -0.139. The average Bonchev–Trinajstić information content (AvgIpc) is 2.98. The van der Waals surface area contributed by atoms with E-state index < -0.39 is 28.5 Å². The molecule has 0 radical (unpaired) electrons. The summed E-state index contributed by atoms with van der Waals surface area (Å²) in [6.45, 7) is 6.85. The van der Waals surface area contributed by atoms with Gasteiger partial charge in [0.2, 0.25) is 11.8 Å². The SMILES string of the molecule is CC[C@@H](C)NC(=O)[C@H](C)N(Cc1cccc(OC)c1)C(=O)CN(c1ccccc1OC)S(=O)(=O)c1ccc(C)cc1. The normalized spacial score (nSPS) is 12.6. The Balaban J connectivity index is 2.07. The summed E-state index contributed by atoms with van der Waals surface area (Å²) in [4.78, 5) is 28.7. The van der Waals surface area contributed by atoms with Gasteiger partial charge in [-0.05, 0) is 69.2 Å². The fraction of sp³-hybridized carbons (Fsp3) is 0.355. The van der Waals surface area contributed by atoms with Gasteiger partial charge in [0.15, 0.2) is 0 Å². The maximum Gasteiger partial charge on any atom is 0.264 e. The molecule has 3 aromatic carbocycles. The first-order chi connectivity index (χ1) is 19.5. The summed E-state index contributed by atoms with van der Waals surface area (Å²) in [5.74, 6) is 0.00384. The summed E-state index contributed by atoms with van der Waals surface area (Å²) < 4.78 is 39.9. The minimum Gasteiger partial charge on any atom is -0.497 e. The van der Waals surface area contributed by atoms with Crippen molar-refractivity contribution in [3.63, 3.8) is 0 Å². The fourth-order valence-corrected chi connectivity index (χ4v) is 5.63. The number of amides is 2. The van der Waals surface area contributed by atoms with E-state index in [0.29, 0.717) is 5.75 Å². The summed E-state index contributed by atoms with van der Waals surface area (Å²) in [7, 11) is -1.21. The minimum absolute atomic E-state index is 0.0312. The number of anilines is 1. The molecule has 9 nitrogen and oxygen atoms in total. The summed E-state index contributed by atoms with van der Waals surface area (Å²) in [6, 6.07) is 19.2. The molecular formula is C31H39N3O6S. The number of hydrogen-bond acceptors (Lipinski definition) is 6. The van der Waals surface area contributed by atoms with Gasteiger partial charge in [0, 0.05) is 12.6 Å². The number of rotatable bonds is 13. The summed E-state index contributed by atoms with van der Waals surface area (Å²) in [5.41, 5.74) is 1.84. The van der Waals surface area contributed by atoms with Crippen LogP contribution in [0.25, 0.3) is 0 Å². The summed E-state index contributed by atoms with van der Waals surface area (Å²) >= 11 is 0. The third-order valence-electron chi connectivity index (χ3n) is 6.90. The first kappa shape index (κ1) is 31.5. The molecule has 0 unspecified atom stereocenters. The van der Waals surface area contributed by atoms with E-state index in [-0.39, 0.29) is 34.8 Å². The van der Waals surface area contributed by atoms with Gasteiger partial charge in [-0.15, -0.1) is 0 Å². The van der Waals surface area contributed by atoms with Gasteiger partial charge in [-0.2, -0.15) is 0 Å². The second kappa shape index (κ2) is 14.0. The van der Waals surface area contributed by atoms with Crippen LogP contribution < -0.4 is 19.1 Å². The lowest BCUT2D eigenvalue weighted by atomic mass is 10.1. The number of hydrogen-bond donors (Lipinski definition) is 1. The van der Waals surface area contributed by atoms with Crippen molar-refractivity contribution < 1.29 is 27.5 Å². The molecule has 0 fully saturated rings. The highest BCUT2D eigenvalue weighted by Gasteiger charge is 2.34. The average molecular weight is 582 g/mol. The van der Waals surface area contributed by atoms with Gasteiger partial charge in [-0.25, -0.2) is 8.42 Å². The van der Waals surface area contributed by atoms with Crippen LogP contribution in [0, 0.1) is 6.92 Å². The molecule has 10 heteroatoms. The monoisotopic (exact) mass is 581 g/mol. The molecule has 0 heterocycles.